The van der Waals surface area contributed by atoms with Crippen molar-refractivity contribution >= 4 is 29.5 Å². The molecule has 1 atom stereocenters. The average Bonchev–Trinajstić information content (AvgIpc) is 2.86. The molecule has 0 spiro atoms. The van der Waals surface area contributed by atoms with Crippen molar-refractivity contribution in [1.82, 2.24) is 10.2 Å². The number of benzene rings is 1. The van der Waals surface area contributed by atoms with Crippen LogP contribution in [0.3, 0.4) is 0 Å². The molecule has 5 nitrogen and oxygen atoms in total. The van der Waals surface area contributed by atoms with Gasteiger partial charge in [0.15, 0.2) is 0 Å². The minimum absolute atomic E-state index is 0.120. The van der Waals surface area contributed by atoms with Crippen LogP contribution in [-0.2, 0) is 16.1 Å². The summed E-state index contributed by atoms with van der Waals surface area (Å²) in [5.74, 6) is -0.751. The zero-order valence-corrected chi connectivity index (χ0v) is 13.8. The van der Waals surface area contributed by atoms with Crippen LogP contribution in [0.15, 0.2) is 23.1 Å². The van der Waals surface area contributed by atoms with Crippen molar-refractivity contribution in [1.29, 1.82) is 0 Å². The third-order valence-electron chi connectivity index (χ3n) is 3.76. The van der Waals surface area contributed by atoms with Gasteiger partial charge in [0.25, 0.3) is 5.91 Å². The highest BCUT2D eigenvalue weighted by Crippen LogP contribution is 2.33. The first-order valence-corrected chi connectivity index (χ1v) is 8.65. The molecule has 0 radical (unpaired) electrons. The number of imide groups is 1. The number of hydrogen-bond donors (Lipinski definition) is 1. The van der Waals surface area contributed by atoms with Gasteiger partial charge in [-0.1, -0.05) is 19.9 Å². The third-order valence-corrected chi connectivity index (χ3v) is 4.58. The first-order valence-electron chi connectivity index (χ1n) is 7.42. The molecule has 0 saturated carbocycles. The van der Waals surface area contributed by atoms with Crippen molar-refractivity contribution < 1.29 is 14.4 Å². The molecule has 1 aromatic rings. The van der Waals surface area contributed by atoms with Crippen LogP contribution in [0.25, 0.3) is 0 Å². The quantitative estimate of drug-likeness (QED) is 0.670. The number of rotatable bonds is 2. The van der Waals surface area contributed by atoms with Crippen LogP contribution in [0.5, 0.6) is 0 Å². The van der Waals surface area contributed by atoms with Gasteiger partial charge >= 0.3 is 0 Å². The van der Waals surface area contributed by atoms with Crippen LogP contribution < -0.4 is 5.32 Å². The molecule has 2 heterocycles. The molecule has 3 amide bonds. The highest BCUT2D eigenvalue weighted by Gasteiger charge is 2.39. The summed E-state index contributed by atoms with van der Waals surface area (Å²) in [6.07, 6.45) is 2.65. The fourth-order valence-electron chi connectivity index (χ4n) is 2.75. The Morgan fingerprint density at radius 2 is 1.95 bits per heavy atom. The Hall–Kier alpha value is -1.82. The zero-order chi connectivity index (χ0) is 16.3. The lowest BCUT2D eigenvalue weighted by Gasteiger charge is -2.29. The van der Waals surface area contributed by atoms with E-state index in [1.807, 2.05) is 32.2 Å². The number of amides is 3. The van der Waals surface area contributed by atoms with E-state index >= 15 is 0 Å². The lowest BCUT2D eigenvalue weighted by atomic mass is 10.0. The van der Waals surface area contributed by atoms with Crippen molar-refractivity contribution in [2.45, 2.75) is 44.2 Å². The van der Waals surface area contributed by atoms with Gasteiger partial charge in [0.05, 0.1) is 0 Å². The number of nitrogens with zero attached hydrogens (tertiary/aromatic N) is 1. The predicted octanol–water partition coefficient (Wildman–Crippen LogP) is 2.20. The molecule has 6 heteroatoms. The Balaban J connectivity index is 0.000000847. The summed E-state index contributed by atoms with van der Waals surface area (Å²) >= 11 is 1.59. The maximum Gasteiger partial charge on any atom is 0.255 e. The van der Waals surface area contributed by atoms with E-state index in [2.05, 4.69) is 5.32 Å². The van der Waals surface area contributed by atoms with Crippen LogP contribution in [0, 0.1) is 0 Å². The molecule has 1 unspecified atom stereocenters. The molecule has 2 aliphatic rings. The number of hydrogen-bond acceptors (Lipinski definition) is 4. The minimum atomic E-state index is -0.540. The standard InChI is InChI=1S/C14H14N2O3S.C2H6/c1-20-11-4-2-3-8-9(11)7-16(14(8)19)10-5-6-12(17)15-13(10)18;1-2/h2-4,10H,5-7H2,1H3,(H,15,17,18);1-2H3. The number of piperidine rings is 1. The largest absolute Gasteiger partial charge is 0.322 e. The van der Waals surface area contributed by atoms with Gasteiger partial charge in [0.2, 0.25) is 11.8 Å². The number of carbonyl (C=O) groups excluding carboxylic acids is 3. The molecule has 3 rings (SSSR count). The van der Waals surface area contributed by atoms with E-state index in [-0.39, 0.29) is 24.1 Å². The van der Waals surface area contributed by atoms with Gasteiger partial charge in [-0.05, 0) is 30.4 Å². The number of nitrogens with one attached hydrogen (secondary N) is 1. The monoisotopic (exact) mass is 320 g/mol. The van der Waals surface area contributed by atoms with Crippen LogP contribution in [0.2, 0.25) is 0 Å². The Bertz CT molecular complexity index is 615. The molecule has 1 N–H and O–H groups in total. The van der Waals surface area contributed by atoms with Crippen LogP contribution >= 0.6 is 11.8 Å². The van der Waals surface area contributed by atoms with E-state index < -0.39 is 6.04 Å². The van der Waals surface area contributed by atoms with Gasteiger partial charge in [-0.2, -0.15) is 0 Å². The van der Waals surface area contributed by atoms with Gasteiger partial charge in [-0.3, -0.25) is 19.7 Å². The molecule has 0 bridgehead atoms. The van der Waals surface area contributed by atoms with Crippen molar-refractivity contribution in [2.75, 3.05) is 6.26 Å². The summed E-state index contributed by atoms with van der Waals surface area (Å²) in [5.41, 5.74) is 1.65. The summed E-state index contributed by atoms with van der Waals surface area (Å²) in [6.45, 7) is 4.44. The molecular formula is C16H20N2O3S. The molecule has 0 aromatic heterocycles. The second kappa shape index (κ2) is 6.96. The highest BCUT2D eigenvalue weighted by atomic mass is 32.2. The summed E-state index contributed by atoms with van der Waals surface area (Å²) < 4.78 is 0. The maximum absolute atomic E-state index is 12.4. The normalized spacial score (nSPS) is 20.2. The molecule has 22 heavy (non-hydrogen) atoms. The van der Waals surface area contributed by atoms with E-state index in [4.69, 9.17) is 0 Å². The zero-order valence-electron chi connectivity index (χ0n) is 13.0. The Morgan fingerprint density at radius 3 is 2.59 bits per heavy atom. The Kier molecular flexibility index (Phi) is 5.24. The molecule has 1 aromatic carbocycles. The molecular weight excluding hydrogens is 300 g/mol. The maximum atomic E-state index is 12.4. The second-order valence-corrected chi connectivity index (χ2v) is 5.73. The van der Waals surface area contributed by atoms with E-state index in [0.717, 1.165) is 10.5 Å². The fourth-order valence-corrected chi connectivity index (χ4v) is 3.38. The smallest absolute Gasteiger partial charge is 0.255 e. The van der Waals surface area contributed by atoms with Gasteiger partial charge in [0, 0.05) is 23.4 Å². The average molecular weight is 320 g/mol. The second-order valence-electron chi connectivity index (χ2n) is 4.89. The Labute approximate surface area is 134 Å². The summed E-state index contributed by atoms with van der Waals surface area (Å²) in [7, 11) is 0. The lowest BCUT2D eigenvalue weighted by molar-refractivity contribution is -0.136. The number of fused-ring (bicyclic) bond motifs is 1. The summed E-state index contributed by atoms with van der Waals surface area (Å²) in [6, 6.07) is 5.09. The van der Waals surface area contributed by atoms with Crippen molar-refractivity contribution in [2.24, 2.45) is 0 Å². The van der Waals surface area contributed by atoms with Crippen molar-refractivity contribution in [3.63, 3.8) is 0 Å². The van der Waals surface area contributed by atoms with E-state index in [1.54, 1.807) is 22.7 Å². The molecule has 0 aliphatic carbocycles. The first kappa shape index (κ1) is 16.5. The van der Waals surface area contributed by atoms with Gasteiger partial charge in [0.1, 0.15) is 6.04 Å². The summed E-state index contributed by atoms with van der Waals surface area (Å²) in [4.78, 5) is 38.2. The Morgan fingerprint density at radius 1 is 1.23 bits per heavy atom. The first-order chi connectivity index (χ1) is 10.6. The summed E-state index contributed by atoms with van der Waals surface area (Å²) in [5, 5.41) is 2.31. The van der Waals surface area contributed by atoms with Crippen molar-refractivity contribution in [3.05, 3.63) is 29.3 Å². The van der Waals surface area contributed by atoms with Crippen LogP contribution in [0.1, 0.15) is 42.6 Å². The van der Waals surface area contributed by atoms with Gasteiger partial charge in [-0.15, -0.1) is 11.8 Å². The predicted molar refractivity (Wildman–Crippen MR) is 85.6 cm³/mol. The topological polar surface area (TPSA) is 66.5 Å². The minimum Gasteiger partial charge on any atom is -0.322 e. The molecule has 2 aliphatic heterocycles. The van der Waals surface area contributed by atoms with E-state index in [9.17, 15) is 14.4 Å². The van der Waals surface area contributed by atoms with Crippen molar-refractivity contribution in [3.8, 4) is 0 Å². The van der Waals surface area contributed by atoms with E-state index in [0.29, 0.717) is 18.5 Å². The molecule has 1 fully saturated rings. The molecule has 1 saturated heterocycles. The van der Waals surface area contributed by atoms with E-state index in [1.165, 1.54) is 0 Å². The SMILES string of the molecule is CC.CSc1cccc2c1CN(C1CCC(=O)NC1=O)C2=O. The van der Waals surface area contributed by atoms with Gasteiger partial charge < -0.3 is 4.90 Å². The van der Waals surface area contributed by atoms with Crippen LogP contribution in [-0.4, -0.2) is 34.9 Å². The fraction of sp³-hybridized carbons (Fsp3) is 0.438. The van der Waals surface area contributed by atoms with Crippen LogP contribution in [0.4, 0.5) is 0 Å². The molecule has 118 valence electrons. The third kappa shape index (κ3) is 2.88. The lowest BCUT2D eigenvalue weighted by Crippen LogP contribution is -2.52. The highest BCUT2D eigenvalue weighted by molar-refractivity contribution is 7.98. The number of thioether (sulfide) groups is 1. The number of carbonyl (C=O) groups is 3. The van der Waals surface area contributed by atoms with Gasteiger partial charge in [-0.25, -0.2) is 0 Å².